The highest BCUT2D eigenvalue weighted by Gasteiger charge is 2.45. The molecule has 0 radical (unpaired) electrons. The van der Waals surface area contributed by atoms with Crippen molar-refractivity contribution in [3.8, 4) is 0 Å². The highest BCUT2D eigenvalue weighted by Crippen LogP contribution is 2.44. The monoisotopic (exact) mass is 374 g/mol. The van der Waals surface area contributed by atoms with E-state index < -0.39 is 23.5 Å². The number of halogens is 3. The van der Waals surface area contributed by atoms with Gasteiger partial charge in [0.2, 0.25) is 0 Å². The van der Waals surface area contributed by atoms with Gasteiger partial charge in [-0.05, 0) is 53.4 Å². The SMILES string of the molecule is O=C(O)C1C2CCCC(CC2)C1Nc1nc(Br)c(F)cc1F. The minimum Gasteiger partial charge on any atom is -0.481 e. The summed E-state index contributed by atoms with van der Waals surface area (Å²) >= 11 is 2.94. The molecule has 1 aromatic rings. The van der Waals surface area contributed by atoms with Crippen LogP contribution < -0.4 is 5.32 Å². The second kappa shape index (κ2) is 6.10. The molecule has 0 aliphatic heterocycles. The first-order valence-electron chi connectivity index (χ1n) is 7.48. The Morgan fingerprint density at radius 1 is 1.23 bits per heavy atom. The highest BCUT2D eigenvalue weighted by atomic mass is 79.9. The van der Waals surface area contributed by atoms with Crippen LogP contribution in [0, 0.1) is 29.4 Å². The van der Waals surface area contributed by atoms with Crippen molar-refractivity contribution in [2.24, 2.45) is 17.8 Å². The van der Waals surface area contributed by atoms with Crippen molar-refractivity contribution < 1.29 is 18.7 Å². The lowest BCUT2D eigenvalue weighted by Crippen LogP contribution is -2.46. The molecule has 4 nitrogen and oxygen atoms in total. The number of aromatic nitrogens is 1. The maximum Gasteiger partial charge on any atom is 0.308 e. The topological polar surface area (TPSA) is 62.2 Å². The van der Waals surface area contributed by atoms with Gasteiger partial charge in [0.05, 0.1) is 5.92 Å². The summed E-state index contributed by atoms with van der Waals surface area (Å²) < 4.78 is 27.1. The van der Waals surface area contributed by atoms with Crippen LogP contribution in [0.2, 0.25) is 0 Å². The minimum atomic E-state index is -0.851. The zero-order valence-corrected chi connectivity index (χ0v) is 13.4. The Morgan fingerprint density at radius 2 is 1.91 bits per heavy atom. The van der Waals surface area contributed by atoms with Crippen molar-refractivity contribution in [2.75, 3.05) is 5.32 Å². The Morgan fingerprint density at radius 3 is 2.64 bits per heavy atom. The molecule has 3 aliphatic rings. The lowest BCUT2D eigenvalue weighted by Gasteiger charge is -2.38. The van der Waals surface area contributed by atoms with Gasteiger partial charge in [-0.25, -0.2) is 13.8 Å². The second-order valence-electron chi connectivity index (χ2n) is 6.15. The summed E-state index contributed by atoms with van der Waals surface area (Å²) in [5.41, 5.74) is 0. The average molecular weight is 375 g/mol. The standard InChI is InChI=1S/C15H17BrF2N2O2/c16-13-9(17)6-10(18)14(20-13)19-12-8-3-1-2-7(4-5-8)11(12)15(21)22/h6-8,11-12H,1-5H2,(H,19,20)(H,21,22). The molecule has 3 saturated carbocycles. The van der Waals surface area contributed by atoms with Gasteiger partial charge in [-0.1, -0.05) is 6.42 Å². The van der Waals surface area contributed by atoms with E-state index in [1.165, 1.54) is 0 Å². The molecule has 0 aromatic carbocycles. The zero-order valence-electron chi connectivity index (χ0n) is 11.9. The molecule has 2 bridgehead atoms. The highest BCUT2D eigenvalue weighted by molar-refractivity contribution is 9.10. The van der Waals surface area contributed by atoms with Gasteiger partial charge in [-0.2, -0.15) is 0 Å². The van der Waals surface area contributed by atoms with Crippen molar-refractivity contribution in [1.82, 2.24) is 4.98 Å². The van der Waals surface area contributed by atoms with Gasteiger partial charge in [-0.3, -0.25) is 4.79 Å². The maximum absolute atomic E-state index is 13.9. The van der Waals surface area contributed by atoms with Gasteiger partial charge in [0, 0.05) is 12.1 Å². The molecule has 4 unspecified atom stereocenters. The summed E-state index contributed by atoms with van der Waals surface area (Å²) in [4.78, 5) is 15.5. The number of hydrogen-bond acceptors (Lipinski definition) is 3. The third-order valence-corrected chi connectivity index (χ3v) is 5.49. The van der Waals surface area contributed by atoms with Crippen LogP contribution in [-0.2, 0) is 4.79 Å². The Bertz CT molecular complexity index is 595. The lowest BCUT2D eigenvalue weighted by atomic mass is 9.71. The van der Waals surface area contributed by atoms with Crippen LogP contribution >= 0.6 is 15.9 Å². The third-order valence-electron chi connectivity index (χ3n) is 4.94. The smallest absolute Gasteiger partial charge is 0.308 e. The van der Waals surface area contributed by atoms with Crippen molar-refractivity contribution in [3.63, 3.8) is 0 Å². The van der Waals surface area contributed by atoms with Crippen LogP contribution in [0.15, 0.2) is 10.7 Å². The molecule has 1 aromatic heterocycles. The van der Waals surface area contributed by atoms with Gasteiger partial charge in [0.15, 0.2) is 17.5 Å². The summed E-state index contributed by atoms with van der Waals surface area (Å²) in [5.74, 6) is -2.77. The Balaban J connectivity index is 1.92. The molecule has 0 spiro atoms. The van der Waals surface area contributed by atoms with Gasteiger partial charge in [0.1, 0.15) is 4.60 Å². The molecular weight excluding hydrogens is 358 g/mol. The Labute approximate surface area is 135 Å². The minimum absolute atomic E-state index is 0.0814. The van der Waals surface area contributed by atoms with E-state index in [1.54, 1.807) is 0 Å². The number of nitrogens with zero attached hydrogens (tertiary/aromatic N) is 1. The van der Waals surface area contributed by atoms with Crippen LogP contribution in [0.1, 0.15) is 32.1 Å². The van der Waals surface area contributed by atoms with Crippen LogP contribution in [0.4, 0.5) is 14.6 Å². The van der Waals surface area contributed by atoms with Crippen LogP contribution in [0.5, 0.6) is 0 Å². The van der Waals surface area contributed by atoms with Gasteiger partial charge in [-0.15, -0.1) is 0 Å². The quantitative estimate of drug-likeness (QED) is 0.789. The molecule has 0 saturated heterocycles. The van der Waals surface area contributed by atoms with Crippen molar-refractivity contribution >= 4 is 27.7 Å². The largest absolute Gasteiger partial charge is 0.481 e. The van der Waals surface area contributed by atoms with Crippen molar-refractivity contribution in [1.29, 1.82) is 0 Å². The second-order valence-corrected chi connectivity index (χ2v) is 6.91. The number of carboxylic acid groups (broad SMARTS) is 1. The number of pyridine rings is 1. The molecule has 4 rings (SSSR count). The number of carbonyl (C=O) groups is 1. The summed E-state index contributed by atoms with van der Waals surface area (Å²) in [6.07, 6.45) is 4.68. The first-order chi connectivity index (χ1) is 10.5. The third kappa shape index (κ3) is 2.83. The van der Waals surface area contributed by atoms with Crippen LogP contribution in [-0.4, -0.2) is 22.1 Å². The summed E-state index contributed by atoms with van der Waals surface area (Å²) in [5, 5.41) is 12.5. The molecule has 0 amide bonds. The Kier molecular flexibility index (Phi) is 4.34. The summed E-state index contributed by atoms with van der Waals surface area (Å²) in [6, 6.07) is 0.391. The molecule has 3 fully saturated rings. The average Bonchev–Trinajstić information content (AvgIpc) is 2.78. The van der Waals surface area contributed by atoms with E-state index in [1.807, 2.05) is 0 Å². The maximum atomic E-state index is 13.9. The van der Waals surface area contributed by atoms with Crippen LogP contribution in [0.3, 0.4) is 0 Å². The predicted molar refractivity (Wildman–Crippen MR) is 80.5 cm³/mol. The fourth-order valence-corrected chi connectivity index (χ4v) is 4.22. The van der Waals surface area contributed by atoms with E-state index in [0.717, 1.165) is 38.2 Å². The van der Waals surface area contributed by atoms with Crippen LogP contribution in [0.25, 0.3) is 0 Å². The fraction of sp³-hybridized carbons (Fsp3) is 0.600. The van der Waals surface area contributed by atoms with Gasteiger partial charge < -0.3 is 10.4 Å². The van der Waals surface area contributed by atoms with E-state index >= 15 is 0 Å². The van der Waals surface area contributed by atoms with Gasteiger partial charge >= 0.3 is 5.97 Å². The van der Waals surface area contributed by atoms with Crippen molar-refractivity contribution in [2.45, 2.75) is 38.1 Å². The number of nitrogens with one attached hydrogen (secondary N) is 1. The lowest BCUT2D eigenvalue weighted by molar-refractivity contribution is -0.145. The number of rotatable bonds is 3. The molecule has 120 valence electrons. The van der Waals surface area contributed by atoms with E-state index in [0.29, 0.717) is 0 Å². The molecule has 1 heterocycles. The molecule has 22 heavy (non-hydrogen) atoms. The molecule has 4 atom stereocenters. The van der Waals surface area contributed by atoms with E-state index in [-0.39, 0.29) is 28.3 Å². The number of anilines is 1. The number of fused-ring (bicyclic) bond motifs is 4. The summed E-state index contributed by atoms with van der Waals surface area (Å²) in [7, 11) is 0. The molecular formula is C15H17BrF2N2O2. The molecule has 2 N–H and O–H groups in total. The first kappa shape index (κ1) is 15.6. The predicted octanol–water partition coefficient (Wildman–Crippen LogP) is 3.81. The fourth-order valence-electron chi connectivity index (χ4n) is 3.93. The number of hydrogen-bond donors (Lipinski definition) is 2. The van der Waals surface area contributed by atoms with Gasteiger partial charge in [0.25, 0.3) is 0 Å². The van der Waals surface area contributed by atoms with E-state index in [9.17, 15) is 18.7 Å². The van der Waals surface area contributed by atoms with E-state index in [4.69, 9.17) is 0 Å². The molecule has 3 aliphatic carbocycles. The summed E-state index contributed by atoms with van der Waals surface area (Å²) in [6.45, 7) is 0. The molecule has 7 heteroatoms. The first-order valence-corrected chi connectivity index (χ1v) is 8.27. The number of carboxylic acids is 1. The normalized spacial score (nSPS) is 30.9. The zero-order chi connectivity index (χ0) is 15.9. The van der Waals surface area contributed by atoms with Crippen molar-refractivity contribution in [3.05, 3.63) is 22.3 Å². The van der Waals surface area contributed by atoms with E-state index in [2.05, 4.69) is 26.2 Å². The number of aliphatic carboxylic acids is 1. The Hall–Kier alpha value is -1.24.